The average molecular weight is 509 g/mol. The molecule has 1 aromatic heterocycles. The third-order valence-electron chi connectivity index (χ3n) is 6.27. The molecule has 0 aliphatic heterocycles. The standard InChI is InChI=1S/C29H27F3N2O3/c1-3-5-25(20-6-8-21(9-7-20)28(36)33-37-27(35)4-2)34-17-16-23-18-22(12-15-26(23)34)19-10-13-24(14-11-19)29(30,31)32/h6-18,25H,3-5H2,1-2H3,(H,33,36). The van der Waals surface area contributed by atoms with E-state index in [1.807, 2.05) is 42.6 Å². The number of carbonyl (C=O) groups excluding carboxylic acids is 2. The minimum atomic E-state index is -4.36. The van der Waals surface area contributed by atoms with Crippen molar-refractivity contribution >= 4 is 22.8 Å². The van der Waals surface area contributed by atoms with E-state index in [1.165, 1.54) is 12.1 Å². The molecule has 0 aliphatic carbocycles. The second-order valence-electron chi connectivity index (χ2n) is 8.76. The van der Waals surface area contributed by atoms with E-state index in [2.05, 4.69) is 17.0 Å². The van der Waals surface area contributed by atoms with Crippen LogP contribution in [-0.4, -0.2) is 16.4 Å². The molecule has 1 N–H and O–H groups in total. The molecule has 192 valence electrons. The third kappa shape index (κ3) is 5.85. The molecule has 0 saturated heterocycles. The third-order valence-corrected chi connectivity index (χ3v) is 6.27. The van der Waals surface area contributed by atoms with Crippen molar-refractivity contribution < 1.29 is 27.6 Å². The summed E-state index contributed by atoms with van der Waals surface area (Å²) >= 11 is 0. The highest BCUT2D eigenvalue weighted by atomic mass is 19.4. The fourth-order valence-electron chi connectivity index (χ4n) is 4.30. The van der Waals surface area contributed by atoms with Crippen LogP contribution in [0.5, 0.6) is 0 Å². The summed E-state index contributed by atoms with van der Waals surface area (Å²) in [7, 11) is 0. The Labute approximate surface area is 212 Å². The van der Waals surface area contributed by atoms with Gasteiger partial charge in [-0.1, -0.05) is 50.6 Å². The number of hydrogen-bond acceptors (Lipinski definition) is 3. The summed E-state index contributed by atoms with van der Waals surface area (Å²) in [5, 5.41) is 0.979. The maximum absolute atomic E-state index is 12.9. The maximum atomic E-state index is 12.9. The van der Waals surface area contributed by atoms with Gasteiger partial charge in [-0.2, -0.15) is 18.7 Å². The number of carbonyl (C=O) groups is 2. The first-order chi connectivity index (χ1) is 17.7. The molecule has 1 heterocycles. The van der Waals surface area contributed by atoms with E-state index in [-0.39, 0.29) is 12.5 Å². The molecule has 1 amide bonds. The zero-order valence-electron chi connectivity index (χ0n) is 20.5. The summed E-state index contributed by atoms with van der Waals surface area (Å²) in [6.07, 6.45) is -0.397. The number of amides is 1. The number of fused-ring (bicyclic) bond motifs is 1. The highest BCUT2D eigenvalue weighted by molar-refractivity contribution is 5.94. The van der Waals surface area contributed by atoms with Gasteiger partial charge in [0, 0.05) is 29.1 Å². The second-order valence-corrected chi connectivity index (χ2v) is 8.76. The minimum Gasteiger partial charge on any atom is -0.341 e. The Morgan fingerprint density at radius 3 is 2.22 bits per heavy atom. The predicted octanol–water partition coefficient (Wildman–Crippen LogP) is 7.31. The van der Waals surface area contributed by atoms with Crippen molar-refractivity contribution in [2.75, 3.05) is 0 Å². The lowest BCUT2D eigenvalue weighted by molar-refractivity contribution is -0.148. The molecule has 5 nitrogen and oxygen atoms in total. The van der Waals surface area contributed by atoms with Gasteiger partial charge in [0.15, 0.2) is 0 Å². The summed E-state index contributed by atoms with van der Waals surface area (Å²) in [6, 6.07) is 20.2. The van der Waals surface area contributed by atoms with Gasteiger partial charge in [-0.3, -0.25) is 4.79 Å². The van der Waals surface area contributed by atoms with Crippen LogP contribution in [0.1, 0.15) is 60.6 Å². The predicted molar refractivity (Wildman–Crippen MR) is 136 cm³/mol. The SMILES string of the molecule is CCCC(c1ccc(C(=O)NOC(=O)CC)cc1)n1ccc2cc(-c3ccc(C(F)(F)F)cc3)ccc21. The first-order valence-corrected chi connectivity index (χ1v) is 12.1. The van der Waals surface area contributed by atoms with Crippen LogP contribution in [0.3, 0.4) is 0 Å². The average Bonchev–Trinajstić information content (AvgIpc) is 3.33. The topological polar surface area (TPSA) is 60.3 Å². The lowest BCUT2D eigenvalue weighted by Gasteiger charge is -2.21. The number of halogens is 3. The van der Waals surface area contributed by atoms with Gasteiger partial charge in [-0.15, -0.1) is 0 Å². The van der Waals surface area contributed by atoms with E-state index in [0.29, 0.717) is 11.1 Å². The van der Waals surface area contributed by atoms with Gasteiger partial charge in [-0.25, -0.2) is 4.79 Å². The molecule has 1 unspecified atom stereocenters. The van der Waals surface area contributed by atoms with E-state index in [1.54, 1.807) is 19.1 Å². The molecule has 0 aliphatic rings. The van der Waals surface area contributed by atoms with Gasteiger partial charge in [0.1, 0.15) is 0 Å². The van der Waals surface area contributed by atoms with Crippen molar-refractivity contribution in [1.82, 2.24) is 10.0 Å². The molecular formula is C29H27F3N2O3. The van der Waals surface area contributed by atoms with Gasteiger partial charge in [-0.05, 0) is 65.6 Å². The number of benzene rings is 3. The van der Waals surface area contributed by atoms with Crippen molar-refractivity contribution in [3.8, 4) is 11.1 Å². The first kappa shape index (κ1) is 26.0. The van der Waals surface area contributed by atoms with Gasteiger partial charge in [0.2, 0.25) is 0 Å². The molecule has 0 radical (unpaired) electrons. The first-order valence-electron chi connectivity index (χ1n) is 12.1. The Bertz CT molecular complexity index is 1390. The number of nitrogens with one attached hydrogen (secondary N) is 1. The summed E-state index contributed by atoms with van der Waals surface area (Å²) in [4.78, 5) is 28.2. The highest BCUT2D eigenvalue weighted by Crippen LogP contribution is 2.34. The highest BCUT2D eigenvalue weighted by Gasteiger charge is 2.30. The second kappa shape index (κ2) is 10.9. The molecule has 0 bridgehead atoms. The summed E-state index contributed by atoms with van der Waals surface area (Å²) in [5.74, 6) is -1.02. The van der Waals surface area contributed by atoms with Gasteiger partial charge >= 0.3 is 12.1 Å². The molecule has 4 aromatic rings. The minimum absolute atomic E-state index is 0.0226. The van der Waals surface area contributed by atoms with E-state index >= 15 is 0 Å². The van der Waals surface area contributed by atoms with Crippen LogP contribution in [0, 0.1) is 0 Å². The van der Waals surface area contributed by atoms with Crippen LogP contribution in [0.4, 0.5) is 13.2 Å². The number of aromatic nitrogens is 1. The summed E-state index contributed by atoms with van der Waals surface area (Å²) in [6.45, 7) is 3.74. The fourth-order valence-corrected chi connectivity index (χ4v) is 4.30. The number of hydrogen-bond donors (Lipinski definition) is 1. The van der Waals surface area contributed by atoms with Crippen molar-refractivity contribution in [3.05, 3.63) is 95.7 Å². The quantitative estimate of drug-likeness (QED) is 0.266. The Morgan fingerprint density at radius 1 is 0.919 bits per heavy atom. The van der Waals surface area contributed by atoms with Crippen LogP contribution in [0.2, 0.25) is 0 Å². The number of hydroxylamine groups is 1. The number of alkyl halides is 3. The zero-order valence-corrected chi connectivity index (χ0v) is 20.5. The van der Waals surface area contributed by atoms with Gasteiger partial charge in [0.05, 0.1) is 11.6 Å². The molecule has 37 heavy (non-hydrogen) atoms. The Hall–Kier alpha value is -4.07. The molecule has 0 saturated carbocycles. The van der Waals surface area contributed by atoms with Gasteiger partial charge in [0.25, 0.3) is 5.91 Å². The molecule has 3 aromatic carbocycles. The Morgan fingerprint density at radius 2 is 1.59 bits per heavy atom. The van der Waals surface area contributed by atoms with Crippen LogP contribution >= 0.6 is 0 Å². The molecule has 0 fully saturated rings. The Balaban J connectivity index is 1.58. The Kier molecular flexibility index (Phi) is 7.66. The van der Waals surface area contributed by atoms with Crippen molar-refractivity contribution in [1.29, 1.82) is 0 Å². The fraction of sp³-hybridized carbons (Fsp3) is 0.241. The normalized spacial score (nSPS) is 12.4. The van der Waals surface area contributed by atoms with E-state index < -0.39 is 23.6 Å². The summed E-state index contributed by atoms with van der Waals surface area (Å²) < 4.78 is 40.9. The van der Waals surface area contributed by atoms with Crippen LogP contribution < -0.4 is 5.48 Å². The van der Waals surface area contributed by atoms with Gasteiger partial charge < -0.3 is 9.40 Å². The largest absolute Gasteiger partial charge is 0.416 e. The lowest BCUT2D eigenvalue weighted by atomic mass is 9.99. The lowest BCUT2D eigenvalue weighted by Crippen LogP contribution is -2.26. The number of rotatable bonds is 7. The van der Waals surface area contributed by atoms with E-state index in [0.717, 1.165) is 47.0 Å². The van der Waals surface area contributed by atoms with E-state index in [4.69, 9.17) is 4.84 Å². The van der Waals surface area contributed by atoms with Crippen LogP contribution in [-0.2, 0) is 15.8 Å². The van der Waals surface area contributed by atoms with Crippen LogP contribution in [0.25, 0.3) is 22.0 Å². The molecular weight excluding hydrogens is 481 g/mol. The molecule has 4 rings (SSSR count). The zero-order chi connectivity index (χ0) is 26.6. The molecule has 0 spiro atoms. The van der Waals surface area contributed by atoms with Crippen molar-refractivity contribution in [3.63, 3.8) is 0 Å². The summed E-state index contributed by atoms with van der Waals surface area (Å²) in [5.41, 5.74) is 5.44. The molecule has 1 atom stereocenters. The van der Waals surface area contributed by atoms with Crippen LogP contribution in [0.15, 0.2) is 79.0 Å². The molecule has 8 heteroatoms. The number of nitrogens with zero attached hydrogens (tertiary/aromatic N) is 1. The van der Waals surface area contributed by atoms with E-state index in [9.17, 15) is 22.8 Å². The van der Waals surface area contributed by atoms with Crippen molar-refractivity contribution in [2.24, 2.45) is 0 Å². The smallest absolute Gasteiger partial charge is 0.341 e. The van der Waals surface area contributed by atoms with Crippen molar-refractivity contribution in [2.45, 2.75) is 45.3 Å². The maximum Gasteiger partial charge on any atom is 0.416 e. The monoisotopic (exact) mass is 508 g/mol.